The van der Waals surface area contributed by atoms with Gasteiger partial charge in [-0.1, -0.05) is 18.2 Å². The quantitative estimate of drug-likeness (QED) is 0.856. The molecule has 0 radical (unpaired) electrons. The zero-order valence-electron chi connectivity index (χ0n) is 14.2. The topological polar surface area (TPSA) is 32.8 Å². The molecule has 2 aliphatic heterocycles. The Balaban J connectivity index is 1.60. The number of hydrogen-bond donors (Lipinski definition) is 0. The molecule has 0 spiro atoms. The van der Waals surface area contributed by atoms with Crippen LogP contribution in [0.25, 0.3) is 0 Å². The molecule has 0 aromatic heterocycles. The minimum atomic E-state index is 0.177. The van der Waals surface area contributed by atoms with Gasteiger partial charge in [0.15, 0.2) is 0 Å². The van der Waals surface area contributed by atoms with Crippen molar-refractivity contribution in [1.82, 2.24) is 9.80 Å². The number of carbonyl (C=O) groups excluding carboxylic acids is 1. The molecule has 3 rings (SSSR count). The normalized spacial score (nSPS) is 22.8. The first-order valence-corrected chi connectivity index (χ1v) is 8.91. The average molecular weight is 316 g/mol. The van der Waals surface area contributed by atoms with Gasteiger partial charge in [0.25, 0.3) is 0 Å². The fraction of sp³-hybridized carbons (Fsp3) is 0.632. The van der Waals surface area contributed by atoms with Gasteiger partial charge in [-0.15, -0.1) is 0 Å². The summed E-state index contributed by atoms with van der Waals surface area (Å²) in [6.45, 7) is 4.74. The minimum Gasteiger partial charge on any atom is -0.496 e. The molecule has 2 aliphatic rings. The van der Waals surface area contributed by atoms with E-state index in [2.05, 4.69) is 21.9 Å². The average Bonchev–Trinajstić information content (AvgIpc) is 2.62. The molecular weight excluding hydrogens is 288 g/mol. The Morgan fingerprint density at radius 3 is 2.70 bits per heavy atom. The SMILES string of the molecule is COc1ccccc1CN1CCC[C@@H](C(=O)N2CCCCC2)C1. The third kappa shape index (κ3) is 4.05. The van der Waals surface area contributed by atoms with Crippen LogP contribution in [0.3, 0.4) is 0 Å². The number of benzene rings is 1. The zero-order valence-corrected chi connectivity index (χ0v) is 14.2. The highest BCUT2D eigenvalue weighted by Gasteiger charge is 2.30. The van der Waals surface area contributed by atoms with Crippen molar-refractivity contribution in [2.45, 2.75) is 38.6 Å². The van der Waals surface area contributed by atoms with Gasteiger partial charge in [-0.25, -0.2) is 0 Å². The van der Waals surface area contributed by atoms with Crippen LogP contribution in [0.5, 0.6) is 5.75 Å². The molecule has 0 N–H and O–H groups in total. The second-order valence-electron chi connectivity index (χ2n) is 6.77. The van der Waals surface area contributed by atoms with Crippen molar-refractivity contribution in [3.8, 4) is 5.75 Å². The lowest BCUT2D eigenvalue weighted by Gasteiger charge is -2.36. The van der Waals surface area contributed by atoms with Gasteiger partial charge in [0.2, 0.25) is 5.91 Å². The number of methoxy groups -OCH3 is 1. The Kier molecular flexibility index (Phi) is 5.55. The van der Waals surface area contributed by atoms with Crippen molar-refractivity contribution < 1.29 is 9.53 Å². The molecule has 2 saturated heterocycles. The lowest BCUT2D eigenvalue weighted by Crippen LogP contribution is -2.46. The van der Waals surface area contributed by atoms with Crippen LogP contribution in [0.2, 0.25) is 0 Å². The maximum atomic E-state index is 12.7. The highest BCUT2D eigenvalue weighted by Crippen LogP contribution is 2.25. The molecule has 0 aliphatic carbocycles. The van der Waals surface area contributed by atoms with Crippen LogP contribution in [0.1, 0.15) is 37.7 Å². The van der Waals surface area contributed by atoms with E-state index < -0.39 is 0 Å². The summed E-state index contributed by atoms with van der Waals surface area (Å²) in [5, 5.41) is 0. The standard InChI is InChI=1S/C19H28N2O2/c1-23-18-10-4-3-8-16(18)14-20-11-7-9-17(15-20)19(22)21-12-5-2-6-13-21/h3-4,8,10,17H,2,5-7,9,11-15H2,1H3/t17-/m1/s1. The van der Waals surface area contributed by atoms with Gasteiger partial charge in [-0.2, -0.15) is 0 Å². The molecule has 126 valence electrons. The fourth-order valence-corrected chi connectivity index (χ4v) is 3.85. The van der Waals surface area contributed by atoms with Crippen LogP contribution >= 0.6 is 0 Å². The van der Waals surface area contributed by atoms with E-state index in [-0.39, 0.29) is 5.92 Å². The van der Waals surface area contributed by atoms with Crippen molar-refractivity contribution in [3.63, 3.8) is 0 Å². The Morgan fingerprint density at radius 2 is 1.91 bits per heavy atom. The first-order valence-electron chi connectivity index (χ1n) is 8.91. The first-order chi connectivity index (χ1) is 11.3. The van der Waals surface area contributed by atoms with E-state index in [1.807, 2.05) is 12.1 Å². The van der Waals surface area contributed by atoms with E-state index in [9.17, 15) is 4.79 Å². The second-order valence-corrected chi connectivity index (χ2v) is 6.77. The van der Waals surface area contributed by atoms with E-state index in [1.54, 1.807) is 7.11 Å². The highest BCUT2D eigenvalue weighted by molar-refractivity contribution is 5.79. The summed E-state index contributed by atoms with van der Waals surface area (Å²) in [6, 6.07) is 8.18. The molecule has 1 aromatic rings. The van der Waals surface area contributed by atoms with Crippen molar-refractivity contribution in [3.05, 3.63) is 29.8 Å². The van der Waals surface area contributed by atoms with Crippen molar-refractivity contribution in [2.24, 2.45) is 5.92 Å². The molecular formula is C19H28N2O2. The summed E-state index contributed by atoms with van der Waals surface area (Å²) < 4.78 is 5.45. The van der Waals surface area contributed by atoms with Crippen molar-refractivity contribution in [2.75, 3.05) is 33.3 Å². The first kappa shape index (κ1) is 16.3. The maximum absolute atomic E-state index is 12.7. The third-order valence-corrected chi connectivity index (χ3v) is 5.11. The summed E-state index contributed by atoms with van der Waals surface area (Å²) in [7, 11) is 1.72. The van der Waals surface area contributed by atoms with E-state index in [0.717, 1.165) is 51.3 Å². The van der Waals surface area contributed by atoms with Crippen molar-refractivity contribution in [1.29, 1.82) is 0 Å². The molecule has 0 bridgehead atoms. The van der Waals surface area contributed by atoms with Crippen LogP contribution in [-0.2, 0) is 11.3 Å². The number of hydrogen-bond acceptors (Lipinski definition) is 3. The van der Waals surface area contributed by atoms with Gasteiger partial charge in [0, 0.05) is 31.7 Å². The molecule has 4 heteroatoms. The summed E-state index contributed by atoms with van der Waals surface area (Å²) in [5.74, 6) is 1.50. The Labute approximate surface area is 139 Å². The van der Waals surface area contributed by atoms with Crippen LogP contribution in [0.4, 0.5) is 0 Å². The van der Waals surface area contributed by atoms with Gasteiger partial charge in [-0.3, -0.25) is 9.69 Å². The number of rotatable bonds is 4. The maximum Gasteiger partial charge on any atom is 0.226 e. The van der Waals surface area contributed by atoms with Crippen molar-refractivity contribution >= 4 is 5.91 Å². The molecule has 0 saturated carbocycles. The van der Waals surface area contributed by atoms with Crippen LogP contribution in [0, 0.1) is 5.92 Å². The lowest BCUT2D eigenvalue weighted by molar-refractivity contribution is -0.138. The van der Waals surface area contributed by atoms with E-state index in [1.165, 1.54) is 24.8 Å². The Morgan fingerprint density at radius 1 is 1.13 bits per heavy atom. The molecule has 1 aromatic carbocycles. The third-order valence-electron chi connectivity index (χ3n) is 5.11. The summed E-state index contributed by atoms with van der Waals surface area (Å²) in [6.07, 6.45) is 5.76. The monoisotopic (exact) mass is 316 g/mol. The van der Waals surface area contributed by atoms with Gasteiger partial charge in [-0.05, 0) is 44.7 Å². The van der Waals surface area contributed by atoms with Gasteiger partial charge in [0.05, 0.1) is 13.0 Å². The number of nitrogens with zero attached hydrogens (tertiary/aromatic N) is 2. The van der Waals surface area contributed by atoms with E-state index >= 15 is 0 Å². The molecule has 2 fully saturated rings. The lowest BCUT2D eigenvalue weighted by atomic mass is 9.95. The van der Waals surface area contributed by atoms with Crippen LogP contribution in [0.15, 0.2) is 24.3 Å². The van der Waals surface area contributed by atoms with E-state index in [0.29, 0.717) is 5.91 Å². The molecule has 0 unspecified atom stereocenters. The molecule has 4 nitrogen and oxygen atoms in total. The zero-order chi connectivity index (χ0) is 16.1. The van der Waals surface area contributed by atoms with E-state index in [4.69, 9.17) is 4.74 Å². The fourth-order valence-electron chi connectivity index (χ4n) is 3.85. The van der Waals surface area contributed by atoms with Gasteiger partial charge >= 0.3 is 0 Å². The summed E-state index contributed by atoms with van der Waals surface area (Å²) >= 11 is 0. The van der Waals surface area contributed by atoms with Crippen LogP contribution in [-0.4, -0.2) is 49.0 Å². The Hall–Kier alpha value is -1.55. The summed E-state index contributed by atoms with van der Waals surface area (Å²) in [4.78, 5) is 17.3. The molecule has 2 heterocycles. The number of ether oxygens (including phenoxy) is 1. The predicted molar refractivity (Wildman–Crippen MR) is 91.4 cm³/mol. The van der Waals surface area contributed by atoms with Gasteiger partial charge in [0.1, 0.15) is 5.75 Å². The highest BCUT2D eigenvalue weighted by atomic mass is 16.5. The number of likely N-dealkylation sites (tertiary alicyclic amines) is 2. The Bertz CT molecular complexity index is 526. The van der Waals surface area contributed by atoms with Crippen LogP contribution < -0.4 is 4.74 Å². The number of carbonyl (C=O) groups is 1. The smallest absolute Gasteiger partial charge is 0.226 e. The van der Waals surface area contributed by atoms with Gasteiger partial charge < -0.3 is 9.64 Å². The number of para-hydroxylation sites is 1. The number of piperidine rings is 2. The molecule has 1 amide bonds. The second kappa shape index (κ2) is 7.82. The molecule has 23 heavy (non-hydrogen) atoms. The summed E-state index contributed by atoms with van der Waals surface area (Å²) in [5.41, 5.74) is 1.21. The largest absolute Gasteiger partial charge is 0.496 e. The number of amides is 1. The molecule has 1 atom stereocenters. The minimum absolute atomic E-state index is 0.177. The predicted octanol–water partition coefficient (Wildman–Crippen LogP) is 2.92.